The van der Waals surface area contributed by atoms with E-state index in [1.807, 2.05) is 23.1 Å². The van der Waals surface area contributed by atoms with Gasteiger partial charge in [-0.1, -0.05) is 53.7 Å². The molecular weight excluding hydrogens is 514 g/mol. The fourth-order valence-corrected chi connectivity index (χ4v) is 6.94. The first kappa shape index (κ1) is 23.5. The van der Waals surface area contributed by atoms with Gasteiger partial charge < -0.3 is 4.90 Å². The molecule has 2 aromatic carbocycles. The number of benzene rings is 2. The Kier molecular flexibility index (Phi) is 6.19. The highest BCUT2D eigenvalue weighted by molar-refractivity contribution is 7.99. The molecule has 1 amide bonds. The lowest BCUT2D eigenvalue weighted by Gasteiger charge is -2.27. The third-order valence-corrected chi connectivity index (χ3v) is 8.91. The Morgan fingerprint density at radius 2 is 1.81 bits per heavy atom. The first-order chi connectivity index (χ1) is 17.5. The number of carbonyl (C=O) groups is 2. The van der Waals surface area contributed by atoms with E-state index in [0.717, 1.165) is 23.3 Å². The van der Waals surface area contributed by atoms with E-state index in [2.05, 4.69) is 0 Å². The van der Waals surface area contributed by atoms with Crippen LogP contribution in [0.25, 0.3) is 10.2 Å². The van der Waals surface area contributed by atoms with Crippen LogP contribution in [-0.2, 0) is 13.0 Å². The van der Waals surface area contributed by atoms with Gasteiger partial charge in [0.2, 0.25) is 0 Å². The molecule has 182 valence electrons. The van der Waals surface area contributed by atoms with Gasteiger partial charge in [0.15, 0.2) is 10.9 Å². The van der Waals surface area contributed by atoms with Gasteiger partial charge in [-0.25, -0.2) is 4.98 Å². The number of hydrogen-bond donors (Lipinski definition) is 0. The van der Waals surface area contributed by atoms with Crippen molar-refractivity contribution >= 4 is 56.6 Å². The van der Waals surface area contributed by atoms with Crippen molar-refractivity contribution in [3.63, 3.8) is 0 Å². The first-order valence-corrected chi connectivity index (χ1v) is 14.0. The number of aromatic nitrogens is 2. The third-order valence-electron chi connectivity index (χ3n) is 6.59. The predicted molar refractivity (Wildman–Crippen MR) is 144 cm³/mol. The normalized spacial score (nSPS) is 15.2. The number of hydrogen-bond acceptors (Lipinski definition) is 6. The molecule has 0 N–H and O–H groups in total. The fraction of sp³-hybridized carbons (Fsp3) is 0.259. The zero-order valence-corrected chi connectivity index (χ0v) is 21.7. The lowest BCUT2D eigenvalue weighted by molar-refractivity contribution is 0.0737. The summed E-state index contributed by atoms with van der Waals surface area (Å²) < 4.78 is 1.80. The molecule has 2 aliphatic rings. The van der Waals surface area contributed by atoms with E-state index in [1.165, 1.54) is 23.1 Å². The molecule has 1 aliphatic carbocycles. The van der Waals surface area contributed by atoms with Crippen LogP contribution in [0.4, 0.5) is 0 Å². The Bertz CT molecular complexity index is 1540. The van der Waals surface area contributed by atoms with Gasteiger partial charge in [0.25, 0.3) is 11.5 Å². The van der Waals surface area contributed by atoms with Gasteiger partial charge in [0, 0.05) is 33.6 Å². The molecule has 36 heavy (non-hydrogen) atoms. The average molecular weight is 536 g/mol. The maximum atomic E-state index is 13.7. The van der Waals surface area contributed by atoms with Crippen LogP contribution in [-0.4, -0.2) is 38.4 Å². The maximum Gasteiger partial charge on any atom is 0.263 e. The van der Waals surface area contributed by atoms with Crippen LogP contribution in [0, 0.1) is 0 Å². The van der Waals surface area contributed by atoms with Crippen molar-refractivity contribution in [1.82, 2.24) is 14.5 Å². The molecule has 0 spiro atoms. The van der Waals surface area contributed by atoms with E-state index >= 15 is 0 Å². The number of amides is 1. The van der Waals surface area contributed by atoms with Gasteiger partial charge in [0.1, 0.15) is 4.83 Å². The van der Waals surface area contributed by atoms with E-state index in [4.69, 9.17) is 16.6 Å². The SMILES string of the molecule is O=C(CSc1nc2sc3c(c2c(=O)n1C1CC1)CCN(C(=O)c1ccc(Cl)cc1)C3)c1ccccc1. The summed E-state index contributed by atoms with van der Waals surface area (Å²) in [4.78, 5) is 47.8. The maximum absolute atomic E-state index is 13.7. The standard InChI is InChI=1S/C27H22ClN3O3S2/c28-18-8-6-17(7-9-18)25(33)30-13-12-20-22(14-30)36-24-23(20)26(34)31(19-10-11-19)27(29-24)35-15-21(32)16-4-2-1-3-5-16/h1-9,19H,10-15H2. The van der Waals surface area contributed by atoms with Crippen LogP contribution < -0.4 is 5.56 Å². The molecule has 0 radical (unpaired) electrons. The van der Waals surface area contributed by atoms with Gasteiger partial charge in [-0.15, -0.1) is 11.3 Å². The summed E-state index contributed by atoms with van der Waals surface area (Å²) in [6.45, 7) is 1.00. The van der Waals surface area contributed by atoms with Crippen molar-refractivity contribution in [1.29, 1.82) is 0 Å². The minimum atomic E-state index is -0.0474. The van der Waals surface area contributed by atoms with Crippen LogP contribution in [0.15, 0.2) is 64.5 Å². The van der Waals surface area contributed by atoms with E-state index < -0.39 is 0 Å². The minimum Gasteiger partial charge on any atom is -0.333 e. The number of fused-ring (bicyclic) bond motifs is 3. The largest absolute Gasteiger partial charge is 0.333 e. The van der Waals surface area contributed by atoms with Gasteiger partial charge in [-0.3, -0.25) is 19.0 Å². The highest BCUT2D eigenvalue weighted by Crippen LogP contribution is 2.39. The monoisotopic (exact) mass is 535 g/mol. The lowest BCUT2D eigenvalue weighted by atomic mass is 10.0. The molecule has 2 aromatic heterocycles. The zero-order chi connectivity index (χ0) is 24.8. The van der Waals surface area contributed by atoms with Crippen molar-refractivity contribution in [2.45, 2.75) is 37.0 Å². The Labute approximate surface area is 220 Å². The second-order valence-electron chi connectivity index (χ2n) is 9.05. The highest BCUT2D eigenvalue weighted by atomic mass is 35.5. The van der Waals surface area contributed by atoms with Crippen molar-refractivity contribution in [2.75, 3.05) is 12.3 Å². The molecular formula is C27H22ClN3O3S2. The van der Waals surface area contributed by atoms with Gasteiger partial charge >= 0.3 is 0 Å². The summed E-state index contributed by atoms with van der Waals surface area (Å²) in [6, 6.07) is 16.2. The Morgan fingerprint density at radius 3 is 2.53 bits per heavy atom. The van der Waals surface area contributed by atoms with E-state index in [1.54, 1.807) is 41.0 Å². The van der Waals surface area contributed by atoms with Gasteiger partial charge in [-0.05, 0) is 49.1 Å². The third kappa shape index (κ3) is 4.38. The number of rotatable bonds is 6. The summed E-state index contributed by atoms with van der Waals surface area (Å²) in [7, 11) is 0. The zero-order valence-electron chi connectivity index (χ0n) is 19.3. The van der Waals surface area contributed by atoms with Crippen molar-refractivity contribution in [3.8, 4) is 0 Å². The quantitative estimate of drug-likeness (QED) is 0.182. The minimum absolute atomic E-state index is 0.0131. The van der Waals surface area contributed by atoms with Crippen LogP contribution in [0.3, 0.4) is 0 Å². The van der Waals surface area contributed by atoms with Crippen molar-refractivity contribution in [3.05, 3.63) is 91.5 Å². The number of carbonyl (C=O) groups excluding carboxylic acids is 2. The van der Waals surface area contributed by atoms with Gasteiger partial charge in [-0.2, -0.15) is 0 Å². The molecule has 1 saturated carbocycles. The number of Topliss-reactive ketones (excluding diaryl/α,β-unsaturated/α-hetero) is 1. The number of nitrogens with zero attached hydrogens (tertiary/aromatic N) is 3. The highest BCUT2D eigenvalue weighted by Gasteiger charge is 2.32. The number of thiophene rings is 1. The van der Waals surface area contributed by atoms with E-state index in [0.29, 0.717) is 51.0 Å². The molecule has 6 nitrogen and oxygen atoms in total. The molecule has 1 fully saturated rings. The Balaban J connectivity index is 1.30. The molecule has 1 aliphatic heterocycles. The van der Waals surface area contributed by atoms with Crippen LogP contribution in [0.5, 0.6) is 0 Å². The average Bonchev–Trinajstić information content (AvgIpc) is 3.66. The van der Waals surface area contributed by atoms with Crippen LogP contribution in [0.1, 0.15) is 50.0 Å². The number of halogens is 1. The smallest absolute Gasteiger partial charge is 0.263 e. The second-order valence-corrected chi connectivity index (χ2v) is 11.5. The topological polar surface area (TPSA) is 72.3 Å². The summed E-state index contributed by atoms with van der Waals surface area (Å²) in [6.07, 6.45) is 2.52. The molecule has 3 heterocycles. The van der Waals surface area contributed by atoms with Crippen LogP contribution >= 0.6 is 34.7 Å². The Hall–Kier alpha value is -2.94. The van der Waals surface area contributed by atoms with Crippen molar-refractivity contribution < 1.29 is 9.59 Å². The van der Waals surface area contributed by atoms with Crippen LogP contribution in [0.2, 0.25) is 5.02 Å². The number of ketones is 1. The Morgan fingerprint density at radius 1 is 1.06 bits per heavy atom. The molecule has 9 heteroatoms. The first-order valence-electron chi connectivity index (χ1n) is 11.8. The van der Waals surface area contributed by atoms with E-state index in [-0.39, 0.29) is 29.0 Å². The molecule has 0 atom stereocenters. The molecule has 0 bridgehead atoms. The fourth-order valence-electron chi connectivity index (χ4n) is 4.58. The summed E-state index contributed by atoms with van der Waals surface area (Å²) in [5.74, 6) is 0.191. The summed E-state index contributed by atoms with van der Waals surface area (Å²) >= 11 is 8.78. The molecule has 6 rings (SSSR count). The van der Waals surface area contributed by atoms with Crippen molar-refractivity contribution in [2.24, 2.45) is 0 Å². The second kappa shape index (κ2) is 9.50. The summed E-state index contributed by atoms with van der Waals surface area (Å²) in [5, 5.41) is 1.88. The molecule has 0 unspecified atom stereocenters. The molecule has 0 saturated heterocycles. The summed E-state index contributed by atoms with van der Waals surface area (Å²) in [5.41, 5.74) is 2.24. The number of thioether (sulfide) groups is 1. The lowest BCUT2D eigenvalue weighted by Crippen LogP contribution is -2.35. The van der Waals surface area contributed by atoms with Gasteiger partial charge in [0.05, 0.1) is 17.7 Å². The predicted octanol–water partition coefficient (Wildman–Crippen LogP) is 5.62. The van der Waals surface area contributed by atoms with E-state index in [9.17, 15) is 14.4 Å². The molecule has 4 aromatic rings.